The summed E-state index contributed by atoms with van der Waals surface area (Å²) in [6.45, 7) is 4.36. The Bertz CT molecular complexity index is 942. The van der Waals surface area contributed by atoms with Gasteiger partial charge in [0.15, 0.2) is 6.10 Å². The molecule has 134 valence electrons. The van der Waals surface area contributed by atoms with Crippen LogP contribution in [0.5, 0.6) is 5.75 Å². The van der Waals surface area contributed by atoms with E-state index in [2.05, 4.69) is 17.1 Å². The van der Waals surface area contributed by atoms with Gasteiger partial charge in [-0.25, -0.2) is 0 Å². The number of hydrogen-bond donors (Lipinski definition) is 0. The number of halogens is 1. The second-order valence-corrected chi connectivity index (χ2v) is 6.66. The summed E-state index contributed by atoms with van der Waals surface area (Å²) in [5, 5.41) is 2.73. The average Bonchev–Trinajstić information content (AvgIpc) is 2.66. The first-order valence-corrected chi connectivity index (χ1v) is 8.92. The summed E-state index contributed by atoms with van der Waals surface area (Å²) in [5.74, 6) is 0.635. The summed E-state index contributed by atoms with van der Waals surface area (Å²) in [6, 6.07) is 13.9. The number of amides is 1. The van der Waals surface area contributed by atoms with Crippen molar-refractivity contribution in [3.63, 3.8) is 0 Å². The largest absolute Gasteiger partial charge is 0.481 e. The van der Waals surface area contributed by atoms with Crippen LogP contribution in [0.4, 0.5) is 0 Å². The molecule has 1 aromatic heterocycles. The first kappa shape index (κ1) is 18.2. The molecule has 3 rings (SSSR count). The van der Waals surface area contributed by atoms with E-state index in [4.69, 9.17) is 16.3 Å². The lowest BCUT2D eigenvalue weighted by Gasteiger charge is -2.20. The lowest BCUT2D eigenvalue weighted by atomic mass is 10.0. The third-order valence-electron chi connectivity index (χ3n) is 4.36. The summed E-state index contributed by atoms with van der Waals surface area (Å²) in [7, 11) is 1.77. The third kappa shape index (κ3) is 3.97. The number of rotatable bonds is 5. The van der Waals surface area contributed by atoms with Crippen molar-refractivity contribution < 1.29 is 9.53 Å². The van der Waals surface area contributed by atoms with E-state index in [0.29, 0.717) is 17.3 Å². The molecule has 0 aliphatic heterocycles. The molecule has 0 aliphatic rings. The maximum atomic E-state index is 12.2. The van der Waals surface area contributed by atoms with Gasteiger partial charge in [-0.2, -0.15) is 0 Å². The molecule has 2 aromatic carbocycles. The van der Waals surface area contributed by atoms with Crippen LogP contribution in [-0.4, -0.2) is 35.5 Å². The van der Waals surface area contributed by atoms with Crippen LogP contribution in [0.15, 0.2) is 54.9 Å². The van der Waals surface area contributed by atoms with E-state index in [9.17, 15) is 4.79 Å². The number of carbonyl (C=O) groups is 1. The first-order chi connectivity index (χ1) is 12.5. The molecular weight excluding hydrogens is 348 g/mol. The summed E-state index contributed by atoms with van der Waals surface area (Å²) in [6.07, 6.45) is 2.87. The molecule has 1 unspecified atom stereocenters. The number of hydrogen-bond acceptors (Lipinski definition) is 3. The molecule has 0 aliphatic carbocycles. The third-order valence-corrected chi connectivity index (χ3v) is 4.57. The SMILES string of the molecule is CCN(C)C(=O)C(C)Oc1ccc2ccc(-c3cncc(Cl)c3)cc2c1. The second-order valence-electron chi connectivity index (χ2n) is 6.23. The lowest BCUT2D eigenvalue weighted by Crippen LogP contribution is -2.37. The molecule has 0 saturated heterocycles. The van der Waals surface area contributed by atoms with Crippen LogP contribution in [0.1, 0.15) is 13.8 Å². The molecule has 0 saturated carbocycles. The lowest BCUT2D eigenvalue weighted by molar-refractivity contribution is -0.136. The standard InChI is InChI=1S/C21H21ClN2O2/c1-4-24(3)21(25)14(2)26-20-8-7-15-5-6-16(9-17(15)11-20)18-10-19(22)13-23-12-18/h5-14H,4H2,1-3H3. The van der Waals surface area contributed by atoms with E-state index in [0.717, 1.165) is 21.9 Å². The highest BCUT2D eigenvalue weighted by Gasteiger charge is 2.18. The maximum Gasteiger partial charge on any atom is 0.263 e. The Morgan fingerprint density at radius 1 is 1.12 bits per heavy atom. The topological polar surface area (TPSA) is 42.4 Å². The van der Waals surface area contributed by atoms with Gasteiger partial charge in [0.05, 0.1) is 5.02 Å². The maximum absolute atomic E-state index is 12.2. The van der Waals surface area contributed by atoms with Crippen molar-refractivity contribution in [2.75, 3.05) is 13.6 Å². The van der Waals surface area contributed by atoms with E-state index < -0.39 is 6.10 Å². The van der Waals surface area contributed by atoms with E-state index in [1.807, 2.05) is 37.3 Å². The molecule has 1 heterocycles. The summed E-state index contributed by atoms with van der Waals surface area (Å²) >= 11 is 6.04. The van der Waals surface area contributed by atoms with Crippen LogP contribution in [0.2, 0.25) is 5.02 Å². The zero-order valence-electron chi connectivity index (χ0n) is 15.1. The molecule has 0 N–H and O–H groups in total. The predicted octanol–water partition coefficient (Wildman–Crippen LogP) is 4.80. The van der Waals surface area contributed by atoms with Crippen LogP contribution in [0.25, 0.3) is 21.9 Å². The number of benzene rings is 2. The van der Waals surface area contributed by atoms with Crippen LogP contribution < -0.4 is 4.74 Å². The zero-order chi connectivity index (χ0) is 18.7. The first-order valence-electron chi connectivity index (χ1n) is 8.54. The highest BCUT2D eigenvalue weighted by molar-refractivity contribution is 6.30. The Morgan fingerprint density at radius 3 is 2.62 bits per heavy atom. The van der Waals surface area contributed by atoms with E-state index in [-0.39, 0.29) is 5.91 Å². The second kappa shape index (κ2) is 7.75. The number of ether oxygens (including phenoxy) is 1. The van der Waals surface area contributed by atoms with Gasteiger partial charge in [0.25, 0.3) is 5.91 Å². The molecular formula is C21H21ClN2O2. The van der Waals surface area contributed by atoms with Gasteiger partial charge in [-0.05, 0) is 54.4 Å². The Labute approximate surface area is 158 Å². The normalized spacial score (nSPS) is 12.0. The molecule has 0 radical (unpaired) electrons. The van der Waals surface area contributed by atoms with Gasteiger partial charge >= 0.3 is 0 Å². The van der Waals surface area contributed by atoms with Crippen LogP contribution in [0.3, 0.4) is 0 Å². The molecule has 1 amide bonds. The van der Waals surface area contributed by atoms with Crippen molar-refractivity contribution in [2.45, 2.75) is 20.0 Å². The van der Waals surface area contributed by atoms with E-state index >= 15 is 0 Å². The minimum absolute atomic E-state index is 0.0358. The van der Waals surface area contributed by atoms with Crippen molar-refractivity contribution >= 4 is 28.3 Å². The van der Waals surface area contributed by atoms with Crippen molar-refractivity contribution in [3.05, 3.63) is 59.9 Å². The number of fused-ring (bicyclic) bond motifs is 1. The quantitative estimate of drug-likeness (QED) is 0.649. The monoisotopic (exact) mass is 368 g/mol. The zero-order valence-corrected chi connectivity index (χ0v) is 15.8. The molecule has 4 nitrogen and oxygen atoms in total. The smallest absolute Gasteiger partial charge is 0.263 e. The summed E-state index contributed by atoms with van der Waals surface area (Å²) in [4.78, 5) is 18.0. The number of carbonyl (C=O) groups excluding carboxylic acids is 1. The summed E-state index contributed by atoms with van der Waals surface area (Å²) in [5.41, 5.74) is 1.98. The fraction of sp³-hybridized carbons (Fsp3) is 0.238. The van der Waals surface area contributed by atoms with E-state index in [1.54, 1.807) is 31.3 Å². The molecule has 3 aromatic rings. The van der Waals surface area contributed by atoms with Crippen molar-refractivity contribution in [1.82, 2.24) is 9.88 Å². The molecule has 5 heteroatoms. The highest BCUT2D eigenvalue weighted by atomic mass is 35.5. The Balaban J connectivity index is 1.89. The number of nitrogens with zero attached hydrogens (tertiary/aromatic N) is 2. The van der Waals surface area contributed by atoms with Gasteiger partial charge in [-0.1, -0.05) is 29.8 Å². The highest BCUT2D eigenvalue weighted by Crippen LogP contribution is 2.28. The summed E-state index contributed by atoms with van der Waals surface area (Å²) < 4.78 is 5.85. The van der Waals surface area contributed by atoms with Gasteiger partial charge in [0.2, 0.25) is 0 Å². The van der Waals surface area contributed by atoms with Crippen LogP contribution in [-0.2, 0) is 4.79 Å². The van der Waals surface area contributed by atoms with E-state index in [1.165, 1.54) is 0 Å². The van der Waals surface area contributed by atoms with Crippen molar-refractivity contribution in [2.24, 2.45) is 0 Å². The predicted molar refractivity (Wildman–Crippen MR) is 106 cm³/mol. The molecule has 0 bridgehead atoms. The van der Waals surface area contributed by atoms with Gasteiger partial charge in [0.1, 0.15) is 5.75 Å². The minimum Gasteiger partial charge on any atom is -0.481 e. The van der Waals surface area contributed by atoms with Gasteiger partial charge < -0.3 is 9.64 Å². The van der Waals surface area contributed by atoms with Gasteiger partial charge in [0, 0.05) is 31.5 Å². The molecule has 1 atom stereocenters. The van der Waals surface area contributed by atoms with Gasteiger partial charge in [-0.15, -0.1) is 0 Å². The number of pyridine rings is 1. The number of aromatic nitrogens is 1. The molecule has 26 heavy (non-hydrogen) atoms. The van der Waals surface area contributed by atoms with Crippen molar-refractivity contribution in [3.8, 4) is 16.9 Å². The Morgan fingerprint density at radius 2 is 1.88 bits per heavy atom. The van der Waals surface area contributed by atoms with Crippen molar-refractivity contribution in [1.29, 1.82) is 0 Å². The Hall–Kier alpha value is -2.59. The Kier molecular flexibility index (Phi) is 5.43. The molecule has 0 fully saturated rings. The van der Waals surface area contributed by atoms with Crippen LogP contribution >= 0.6 is 11.6 Å². The fourth-order valence-corrected chi connectivity index (χ4v) is 2.94. The molecule has 0 spiro atoms. The number of likely N-dealkylation sites (N-methyl/N-ethyl adjacent to an activating group) is 1. The van der Waals surface area contributed by atoms with Crippen LogP contribution in [0, 0.1) is 0 Å². The van der Waals surface area contributed by atoms with Gasteiger partial charge in [-0.3, -0.25) is 9.78 Å². The minimum atomic E-state index is -0.530. The fourth-order valence-electron chi connectivity index (χ4n) is 2.77. The average molecular weight is 369 g/mol.